The number of nitrogens with one attached hydrogen (secondary N) is 2. The van der Waals surface area contributed by atoms with Gasteiger partial charge in [-0.25, -0.2) is 4.99 Å². The summed E-state index contributed by atoms with van der Waals surface area (Å²) in [6.45, 7) is 1.95. The Morgan fingerprint density at radius 1 is 1.13 bits per heavy atom. The number of hydrogen-bond donors (Lipinski definition) is 2. The van der Waals surface area contributed by atoms with E-state index in [2.05, 4.69) is 15.6 Å². The lowest BCUT2D eigenvalue weighted by atomic mass is 10.1. The van der Waals surface area contributed by atoms with Crippen molar-refractivity contribution in [1.29, 1.82) is 0 Å². The highest BCUT2D eigenvalue weighted by molar-refractivity contribution is 14.0. The second kappa shape index (κ2) is 14.2. The van der Waals surface area contributed by atoms with Gasteiger partial charge < -0.3 is 34.5 Å². The first-order valence-electron chi connectivity index (χ1n) is 10.1. The van der Waals surface area contributed by atoms with E-state index in [0.29, 0.717) is 36.3 Å². The van der Waals surface area contributed by atoms with Gasteiger partial charge in [0, 0.05) is 27.2 Å². The molecule has 1 heterocycles. The molecule has 1 unspecified atom stereocenters. The number of nitrogens with zero attached hydrogens (tertiary/aromatic N) is 2. The number of methoxy groups -OCH3 is 3. The first kappa shape index (κ1) is 27.1. The molecular formula is C21H35IN4O5. The maximum atomic E-state index is 12.0. The summed E-state index contributed by atoms with van der Waals surface area (Å²) in [5.74, 6) is 2.19. The molecule has 0 bridgehead atoms. The van der Waals surface area contributed by atoms with Crippen LogP contribution in [0.1, 0.15) is 24.8 Å². The van der Waals surface area contributed by atoms with Gasteiger partial charge in [0.1, 0.15) is 0 Å². The molecule has 9 nitrogen and oxygen atoms in total. The third-order valence-corrected chi connectivity index (χ3v) is 4.82. The van der Waals surface area contributed by atoms with Crippen molar-refractivity contribution in [2.24, 2.45) is 4.99 Å². The van der Waals surface area contributed by atoms with E-state index < -0.39 is 0 Å². The fourth-order valence-electron chi connectivity index (χ4n) is 3.07. The van der Waals surface area contributed by atoms with Crippen LogP contribution in [0.4, 0.5) is 0 Å². The van der Waals surface area contributed by atoms with E-state index in [1.165, 1.54) is 4.90 Å². The molecule has 2 N–H and O–H groups in total. The Kier molecular flexibility index (Phi) is 12.4. The third-order valence-electron chi connectivity index (χ3n) is 4.82. The lowest BCUT2D eigenvalue weighted by Crippen LogP contribution is -2.45. The van der Waals surface area contributed by atoms with Crippen molar-refractivity contribution in [2.75, 3.05) is 55.1 Å². The van der Waals surface area contributed by atoms with Gasteiger partial charge >= 0.3 is 0 Å². The highest BCUT2D eigenvalue weighted by atomic mass is 127. The molecule has 1 amide bonds. The SMILES string of the molecule is COc1cc(CN=C(NCC(=O)N(C)C)NCC2CCCCO2)cc(OC)c1OC.I. The van der Waals surface area contributed by atoms with Crippen LogP contribution < -0.4 is 24.8 Å². The van der Waals surface area contributed by atoms with Gasteiger partial charge in [-0.3, -0.25) is 4.79 Å². The Morgan fingerprint density at radius 2 is 1.81 bits per heavy atom. The maximum Gasteiger partial charge on any atom is 0.241 e. The van der Waals surface area contributed by atoms with Crippen LogP contribution in [0.15, 0.2) is 17.1 Å². The number of carbonyl (C=O) groups is 1. The zero-order chi connectivity index (χ0) is 21.9. The van der Waals surface area contributed by atoms with Gasteiger partial charge in [-0.2, -0.15) is 0 Å². The Labute approximate surface area is 201 Å². The predicted octanol–water partition coefficient (Wildman–Crippen LogP) is 2.02. The van der Waals surface area contributed by atoms with Gasteiger partial charge in [-0.05, 0) is 37.0 Å². The van der Waals surface area contributed by atoms with Crippen LogP contribution in [-0.2, 0) is 16.1 Å². The van der Waals surface area contributed by atoms with E-state index in [-0.39, 0.29) is 42.5 Å². The summed E-state index contributed by atoms with van der Waals surface area (Å²) < 4.78 is 22.0. The molecule has 31 heavy (non-hydrogen) atoms. The van der Waals surface area contributed by atoms with Crippen molar-refractivity contribution >= 4 is 35.8 Å². The van der Waals surface area contributed by atoms with Crippen molar-refractivity contribution < 1.29 is 23.7 Å². The van der Waals surface area contributed by atoms with Crippen LogP contribution in [0, 0.1) is 0 Å². The first-order chi connectivity index (χ1) is 14.5. The Hall–Kier alpha value is -1.95. The van der Waals surface area contributed by atoms with Crippen molar-refractivity contribution in [1.82, 2.24) is 15.5 Å². The van der Waals surface area contributed by atoms with E-state index >= 15 is 0 Å². The summed E-state index contributed by atoms with van der Waals surface area (Å²) in [5.41, 5.74) is 0.887. The monoisotopic (exact) mass is 550 g/mol. The molecule has 0 saturated carbocycles. The zero-order valence-electron chi connectivity index (χ0n) is 19.0. The number of amides is 1. The highest BCUT2D eigenvalue weighted by Crippen LogP contribution is 2.38. The number of rotatable bonds is 9. The largest absolute Gasteiger partial charge is 0.493 e. The molecular weight excluding hydrogens is 515 g/mol. The fraction of sp³-hybridized carbons (Fsp3) is 0.619. The van der Waals surface area contributed by atoms with Crippen LogP contribution in [0.5, 0.6) is 17.2 Å². The zero-order valence-corrected chi connectivity index (χ0v) is 21.4. The topological polar surface area (TPSA) is 93.7 Å². The van der Waals surface area contributed by atoms with Gasteiger partial charge in [0.15, 0.2) is 17.5 Å². The van der Waals surface area contributed by atoms with Gasteiger partial charge in [0.25, 0.3) is 0 Å². The molecule has 2 rings (SSSR count). The molecule has 1 aliphatic heterocycles. The second-order valence-electron chi connectivity index (χ2n) is 7.21. The van der Waals surface area contributed by atoms with E-state index in [9.17, 15) is 4.79 Å². The average molecular weight is 550 g/mol. The van der Waals surface area contributed by atoms with Crippen molar-refractivity contribution in [2.45, 2.75) is 31.9 Å². The molecule has 0 aliphatic carbocycles. The number of guanidine groups is 1. The number of hydrogen-bond acceptors (Lipinski definition) is 6. The van der Waals surface area contributed by atoms with E-state index in [1.807, 2.05) is 12.1 Å². The van der Waals surface area contributed by atoms with E-state index in [1.54, 1.807) is 35.4 Å². The number of ether oxygens (including phenoxy) is 4. The van der Waals surface area contributed by atoms with Gasteiger partial charge in [-0.1, -0.05) is 0 Å². The highest BCUT2D eigenvalue weighted by Gasteiger charge is 2.16. The van der Waals surface area contributed by atoms with Crippen molar-refractivity contribution in [3.05, 3.63) is 17.7 Å². The molecule has 0 radical (unpaired) electrons. The average Bonchev–Trinajstić information content (AvgIpc) is 2.77. The molecule has 1 saturated heterocycles. The molecule has 1 fully saturated rings. The van der Waals surface area contributed by atoms with Crippen LogP contribution in [-0.4, -0.2) is 78.0 Å². The number of likely N-dealkylation sites (N-methyl/N-ethyl adjacent to an activating group) is 1. The van der Waals surface area contributed by atoms with Crippen LogP contribution in [0.25, 0.3) is 0 Å². The number of halogens is 1. The standard InChI is InChI=1S/C21H34N4O5.HI/c1-25(2)19(26)14-24-21(23-13-16-8-6-7-9-30-16)22-12-15-10-17(27-3)20(29-5)18(11-15)28-4;/h10-11,16H,6-9,12-14H2,1-5H3,(H2,22,23,24);1H. The molecule has 1 aliphatic rings. The maximum absolute atomic E-state index is 12.0. The van der Waals surface area contributed by atoms with Gasteiger partial charge in [-0.15, -0.1) is 24.0 Å². The minimum atomic E-state index is -0.0359. The lowest BCUT2D eigenvalue weighted by molar-refractivity contribution is -0.127. The Balaban J connectivity index is 0.00000480. The van der Waals surface area contributed by atoms with E-state index in [4.69, 9.17) is 18.9 Å². The lowest BCUT2D eigenvalue weighted by Gasteiger charge is -2.24. The summed E-state index contributed by atoms with van der Waals surface area (Å²) in [5, 5.41) is 6.39. The minimum absolute atomic E-state index is 0. The summed E-state index contributed by atoms with van der Waals surface area (Å²) >= 11 is 0. The summed E-state index contributed by atoms with van der Waals surface area (Å²) in [6.07, 6.45) is 3.44. The second-order valence-corrected chi connectivity index (χ2v) is 7.21. The summed E-state index contributed by atoms with van der Waals surface area (Å²) in [6, 6.07) is 3.72. The smallest absolute Gasteiger partial charge is 0.241 e. The van der Waals surface area contributed by atoms with Crippen molar-refractivity contribution in [3.63, 3.8) is 0 Å². The van der Waals surface area contributed by atoms with Gasteiger partial charge in [0.05, 0.1) is 40.5 Å². The van der Waals surface area contributed by atoms with Gasteiger partial charge in [0.2, 0.25) is 11.7 Å². The predicted molar refractivity (Wildman–Crippen MR) is 131 cm³/mol. The molecule has 1 aromatic carbocycles. The Bertz CT molecular complexity index is 699. The van der Waals surface area contributed by atoms with Crippen LogP contribution >= 0.6 is 24.0 Å². The number of benzene rings is 1. The molecule has 1 aromatic rings. The molecule has 176 valence electrons. The molecule has 10 heteroatoms. The summed E-state index contributed by atoms with van der Waals surface area (Å²) in [4.78, 5) is 18.1. The third kappa shape index (κ3) is 8.60. The minimum Gasteiger partial charge on any atom is -0.493 e. The number of aliphatic imine (C=N–C) groups is 1. The first-order valence-corrected chi connectivity index (χ1v) is 10.1. The fourth-order valence-corrected chi connectivity index (χ4v) is 3.07. The molecule has 0 aromatic heterocycles. The Morgan fingerprint density at radius 3 is 2.32 bits per heavy atom. The number of carbonyl (C=O) groups excluding carboxylic acids is 1. The van der Waals surface area contributed by atoms with Crippen LogP contribution in [0.2, 0.25) is 0 Å². The quantitative estimate of drug-likeness (QED) is 0.276. The van der Waals surface area contributed by atoms with Crippen molar-refractivity contribution in [3.8, 4) is 17.2 Å². The molecule has 0 spiro atoms. The normalized spacial score (nSPS) is 16.0. The summed E-state index contributed by atoms with van der Waals surface area (Å²) in [7, 11) is 8.17. The molecule has 1 atom stereocenters. The van der Waals surface area contributed by atoms with Crippen LogP contribution in [0.3, 0.4) is 0 Å². The van der Waals surface area contributed by atoms with E-state index in [0.717, 1.165) is 31.4 Å².